The Morgan fingerprint density at radius 3 is 2.82 bits per heavy atom. The van der Waals surface area contributed by atoms with E-state index in [9.17, 15) is 9.59 Å². The number of carbonyl (C=O) groups excluding carboxylic acids is 2. The van der Waals surface area contributed by atoms with Crippen LogP contribution in [0.4, 0.5) is 10.5 Å². The van der Waals surface area contributed by atoms with Crippen LogP contribution in [0.1, 0.15) is 32.3 Å². The number of nitrogens with one attached hydrogen (secondary N) is 1. The maximum atomic E-state index is 12.5. The Morgan fingerprint density at radius 1 is 1.32 bits per heavy atom. The molecule has 1 saturated heterocycles. The number of aryl methyl sites for hydroxylation is 1. The Bertz CT molecular complexity index is 530. The van der Waals surface area contributed by atoms with Gasteiger partial charge in [-0.25, -0.2) is 4.79 Å². The monoisotopic (exact) mass is 304 g/mol. The minimum atomic E-state index is -0.325. The Kier molecular flexibility index (Phi) is 5.81. The van der Waals surface area contributed by atoms with Crippen LogP contribution in [-0.2, 0) is 16.0 Å². The van der Waals surface area contributed by atoms with Gasteiger partial charge in [0.05, 0.1) is 12.5 Å². The molecule has 0 saturated carbocycles. The SMILES string of the molecule is CCOC(=O)N1CCCC(C(=O)Nc2ccccc2CC)C1. The molecule has 1 heterocycles. The molecule has 1 N–H and O–H groups in total. The van der Waals surface area contributed by atoms with Crippen LogP contribution in [0.2, 0.25) is 0 Å². The Morgan fingerprint density at radius 2 is 2.09 bits per heavy atom. The van der Waals surface area contributed by atoms with E-state index in [1.54, 1.807) is 11.8 Å². The van der Waals surface area contributed by atoms with Gasteiger partial charge >= 0.3 is 6.09 Å². The van der Waals surface area contributed by atoms with Crippen molar-refractivity contribution in [2.75, 3.05) is 25.0 Å². The van der Waals surface area contributed by atoms with Crippen molar-refractivity contribution in [3.63, 3.8) is 0 Å². The molecule has 2 amide bonds. The zero-order chi connectivity index (χ0) is 15.9. The third kappa shape index (κ3) is 4.00. The smallest absolute Gasteiger partial charge is 0.409 e. The topological polar surface area (TPSA) is 58.6 Å². The maximum absolute atomic E-state index is 12.5. The first kappa shape index (κ1) is 16.3. The molecule has 5 heteroatoms. The summed E-state index contributed by atoms with van der Waals surface area (Å²) < 4.78 is 5.02. The third-order valence-electron chi connectivity index (χ3n) is 3.97. The minimum Gasteiger partial charge on any atom is -0.450 e. The predicted octanol–water partition coefficient (Wildman–Crippen LogP) is 3.06. The first-order valence-corrected chi connectivity index (χ1v) is 7.96. The first-order valence-electron chi connectivity index (χ1n) is 7.96. The number of piperidine rings is 1. The lowest BCUT2D eigenvalue weighted by Gasteiger charge is -2.31. The van der Waals surface area contributed by atoms with Gasteiger partial charge in [0.25, 0.3) is 0 Å². The molecular formula is C17H24N2O3. The second-order valence-electron chi connectivity index (χ2n) is 5.48. The van der Waals surface area contributed by atoms with Crippen molar-refractivity contribution in [1.82, 2.24) is 4.90 Å². The van der Waals surface area contributed by atoms with Crippen LogP contribution in [0.5, 0.6) is 0 Å². The summed E-state index contributed by atoms with van der Waals surface area (Å²) in [6, 6.07) is 7.82. The Balaban J connectivity index is 1.98. The van der Waals surface area contributed by atoms with Gasteiger partial charge in [-0.1, -0.05) is 25.1 Å². The average Bonchev–Trinajstić information content (AvgIpc) is 2.55. The highest BCUT2D eigenvalue weighted by atomic mass is 16.6. The fraction of sp³-hybridized carbons (Fsp3) is 0.529. The second kappa shape index (κ2) is 7.82. The number of nitrogens with zero attached hydrogens (tertiary/aromatic N) is 1. The third-order valence-corrected chi connectivity index (χ3v) is 3.97. The number of anilines is 1. The van der Waals surface area contributed by atoms with Crippen LogP contribution in [0.15, 0.2) is 24.3 Å². The molecular weight excluding hydrogens is 280 g/mol. The van der Waals surface area contributed by atoms with Crippen LogP contribution < -0.4 is 5.32 Å². The molecule has 0 aliphatic carbocycles. The summed E-state index contributed by atoms with van der Waals surface area (Å²) in [5.74, 6) is -0.196. The number of carbonyl (C=O) groups is 2. The number of hydrogen-bond acceptors (Lipinski definition) is 3. The highest BCUT2D eigenvalue weighted by Gasteiger charge is 2.29. The molecule has 1 aromatic carbocycles. The molecule has 2 rings (SSSR count). The minimum absolute atomic E-state index is 0.0186. The van der Waals surface area contributed by atoms with E-state index >= 15 is 0 Å². The molecule has 5 nitrogen and oxygen atoms in total. The van der Waals surface area contributed by atoms with Gasteiger partial charge < -0.3 is 15.0 Å². The molecule has 0 spiro atoms. The van der Waals surface area contributed by atoms with Gasteiger partial charge in [-0.2, -0.15) is 0 Å². The van der Waals surface area contributed by atoms with Crippen molar-refractivity contribution in [2.45, 2.75) is 33.1 Å². The lowest BCUT2D eigenvalue weighted by atomic mass is 9.97. The van der Waals surface area contributed by atoms with Gasteiger partial charge in [0.2, 0.25) is 5.91 Å². The van der Waals surface area contributed by atoms with Crippen LogP contribution in [0.25, 0.3) is 0 Å². The van der Waals surface area contributed by atoms with Crippen molar-refractivity contribution in [1.29, 1.82) is 0 Å². The van der Waals surface area contributed by atoms with E-state index in [1.165, 1.54) is 0 Å². The van der Waals surface area contributed by atoms with E-state index in [0.717, 1.165) is 30.5 Å². The molecule has 0 bridgehead atoms. The second-order valence-corrected chi connectivity index (χ2v) is 5.48. The summed E-state index contributed by atoms with van der Waals surface area (Å²) in [4.78, 5) is 25.9. The highest BCUT2D eigenvalue weighted by molar-refractivity contribution is 5.93. The van der Waals surface area contributed by atoms with E-state index < -0.39 is 0 Å². The Labute approximate surface area is 131 Å². The van der Waals surface area contributed by atoms with Crippen molar-refractivity contribution >= 4 is 17.7 Å². The van der Waals surface area contributed by atoms with Crippen molar-refractivity contribution in [2.24, 2.45) is 5.92 Å². The fourth-order valence-electron chi connectivity index (χ4n) is 2.76. The van der Waals surface area contributed by atoms with Crippen molar-refractivity contribution in [3.8, 4) is 0 Å². The summed E-state index contributed by atoms with van der Waals surface area (Å²) in [7, 11) is 0. The summed E-state index contributed by atoms with van der Waals surface area (Å²) >= 11 is 0. The molecule has 1 aromatic rings. The molecule has 1 unspecified atom stereocenters. The predicted molar refractivity (Wildman–Crippen MR) is 85.8 cm³/mol. The molecule has 1 aliphatic rings. The van der Waals surface area contributed by atoms with Crippen LogP contribution in [0, 0.1) is 5.92 Å². The van der Waals surface area contributed by atoms with Crippen molar-refractivity contribution in [3.05, 3.63) is 29.8 Å². The van der Waals surface area contributed by atoms with Crippen LogP contribution >= 0.6 is 0 Å². The zero-order valence-corrected chi connectivity index (χ0v) is 13.3. The quantitative estimate of drug-likeness (QED) is 0.930. The number of hydrogen-bond donors (Lipinski definition) is 1. The lowest BCUT2D eigenvalue weighted by Crippen LogP contribution is -2.44. The van der Waals surface area contributed by atoms with Gasteiger partial charge in [0.1, 0.15) is 0 Å². The summed E-state index contributed by atoms with van der Waals surface area (Å²) in [6.07, 6.45) is 2.17. The summed E-state index contributed by atoms with van der Waals surface area (Å²) in [6.45, 7) is 5.30. The van der Waals surface area contributed by atoms with Gasteiger partial charge in [-0.3, -0.25) is 4.79 Å². The normalized spacial score (nSPS) is 17.9. The number of amides is 2. The lowest BCUT2D eigenvalue weighted by molar-refractivity contribution is -0.121. The van der Waals surface area contributed by atoms with Gasteiger partial charge in [0, 0.05) is 18.8 Å². The number of benzene rings is 1. The van der Waals surface area contributed by atoms with E-state index in [-0.39, 0.29) is 17.9 Å². The number of rotatable bonds is 4. The number of likely N-dealkylation sites (tertiary alicyclic amines) is 1. The van der Waals surface area contributed by atoms with E-state index in [4.69, 9.17) is 4.74 Å². The number of ether oxygens (including phenoxy) is 1. The highest BCUT2D eigenvalue weighted by Crippen LogP contribution is 2.21. The summed E-state index contributed by atoms with van der Waals surface area (Å²) in [5.41, 5.74) is 1.98. The zero-order valence-electron chi connectivity index (χ0n) is 13.3. The van der Waals surface area contributed by atoms with Crippen LogP contribution in [0.3, 0.4) is 0 Å². The molecule has 0 aromatic heterocycles. The molecule has 1 aliphatic heterocycles. The molecule has 120 valence electrons. The standard InChI is InChI=1S/C17H24N2O3/c1-3-13-8-5-6-10-15(13)18-16(20)14-9-7-11-19(12-14)17(21)22-4-2/h5-6,8,10,14H,3-4,7,9,11-12H2,1-2H3,(H,18,20). The largest absolute Gasteiger partial charge is 0.450 e. The maximum Gasteiger partial charge on any atom is 0.409 e. The van der Waals surface area contributed by atoms with Crippen molar-refractivity contribution < 1.29 is 14.3 Å². The van der Waals surface area contributed by atoms with Crippen LogP contribution in [-0.4, -0.2) is 36.6 Å². The van der Waals surface area contributed by atoms with Gasteiger partial charge in [-0.05, 0) is 37.8 Å². The molecule has 22 heavy (non-hydrogen) atoms. The first-order chi connectivity index (χ1) is 10.7. The molecule has 1 atom stereocenters. The van der Waals surface area contributed by atoms with E-state index in [2.05, 4.69) is 12.2 Å². The summed E-state index contributed by atoms with van der Waals surface area (Å²) in [5, 5.41) is 3.00. The van der Waals surface area contributed by atoms with Gasteiger partial charge in [0.15, 0.2) is 0 Å². The number of para-hydroxylation sites is 1. The van der Waals surface area contributed by atoms with Gasteiger partial charge in [-0.15, -0.1) is 0 Å². The average molecular weight is 304 g/mol. The Hall–Kier alpha value is -2.04. The molecule has 0 radical (unpaired) electrons. The molecule has 1 fully saturated rings. The fourth-order valence-corrected chi connectivity index (χ4v) is 2.76. The van der Waals surface area contributed by atoms with E-state index in [0.29, 0.717) is 19.7 Å². The van der Waals surface area contributed by atoms with E-state index in [1.807, 2.05) is 24.3 Å².